The van der Waals surface area contributed by atoms with Gasteiger partial charge in [-0.3, -0.25) is 4.79 Å². The standard InChI is InChI=1S/C27H22ClF6N3O5/c1-13(25(39,27(32,33)34)15-5-8-21-20(9-15)37(3)22(38)12-41-21)17-7-6-16(10-19(17)28)42-24-35-11-18(14(2)40-4)23(36-24)26(29,30)31/h5-11,13,39H,2,12H2,1,3-4H3/t13-,25-/m1/s1. The Labute approximate surface area is 240 Å². The number of benzene rings is 2. The van der Waals surface area contributed by atoms with Crippen LogP contribution in [0, 0.1) is 0 Å². The summed E-state index contributed by atoms with van der Waals surface area (Å²) in [5.41, 5.74) is -6.09. The lowest BCUT2D eigenvalue weighted by atomic mass is 9.77. The highest BCUT2D eigenvalue weighted by Gasteiger charge is 2.59. The van der Waals surface area contributed by atoms with Gasteiger partial charge in [-0.25, -0.2) is 4.98 Å². The second-order valence-corrected chi connectivity index (χ2v) is 9.64. The van der Waals surface area contributed by atoms with Gasteiger partial charge >= 0.3 is 18.4 Å². The molecular weight excluding hydrogens is 596 g/mol. The van der Waals surface area contributed by atoms with Crippen LogP contribution in [0.25, 0.3) is 5.76 Å². The number of aliphatic hydroxyl groups is 1. The number of carbonyl (C=O) groups excluding carboxylic acids is 1. The monoisotopic (exact) mass is 617 g/mol. The zero-order valence-electron chi connectivity index (χ0n) is 22.1. The summed E-state index contributed by atoms with van der Waals surface area (Å²) in [6.45, 7) is 4.18. The number of aromatic nitrogens is 2. The van der Waals surface area contributed by atoms with Gasteiger partial charge in [-0.05, 0) is 35.4 Å². The lowest BCUT2D eigenvalue weighted by molar-refractivity contribution is -0.274. The molecule has 2 heterocycles. The van der Waals surface area contributed by atoms with Gasteiger partial charge in [-0.1, -0.05) is 37.2 Å². The Balaban J connectivity index is 1.69. The van der Waals surface area contributed by atoms with Crippen molar-refractivity contribution in [1.29, 1.82) is 0 Å². The van der Waals surface area contributed by atoms with Gasteiger partial charge in [-0.15, -0.1) is 0 Å². The summed E-state index contributed by atoms with van der Waals surface area (Å²) < 4.78 is 99.5. The molecule has 4 rings (SSSR count). The van der Waals surface area contributed by atoms with Crippen LogP contribution in [0.5, 0.6) is 17.5 Å². The van der Waals surface area contributed by atoms with Crippen LogP contribution in [-0.2, 0) is 21.3 Å². The number of hydrogen-bond donors (Lipinski definition) is 1. The van der Waals surface area contributed by atoms with Crippen LogP contribution in [0.15, 0.2) is 49.2 Å². The summed E-state index contributed by atoms with van der Waals surface area (Å²) in [5.74, 6) is -2.57. The third kappa shape index (κ3) is 5.55. The van der Waals surface area contributed by atoms with Crippen molar-refractivity contribution in [1.82, 2.24) is 9.97 Å². The quantitative estimate of drug-likeness (QED) is 0.240. The van der Waals surface area contributed by atoms with Crippen molar-refractivity contribution in [2.24, 2.45) is 0 Å². The van der Waals surface area contributed by atoms with Gasteiger partial charge in [-0.2, -0.15) is 31.3 Å². The fourth-order valence-electron chi connectivity index (χ4n) is 4.37. The molecule has 0 saturated heterocycles. The molecular formula is C27H22ClF6N3O5. The first kappa shape index (κ1) is 30.9. The molecule has 1 N–H and O–H groups in total. The van der Waals surface area contributed by atoms with Gasteiger partial charge in [0.25, 0.3) is 5.91 Å². The Bertz CT molecular complexity index is 1550. The summed E-state index contributed by atoms with van der Waals surface area (Å²) in [7, 11) is 2.48. The van der Waals surface area contributed by atoms with E-state index < -0.39 is 52.6 Å². The van der Waals surface area contributed by atoms with E-state index in [1.54, 1.807) is 0 Å². The molecule has 0 unspecified atom stereocenters. The van der Waals surface area contributed by atoms with Gasteiger partial charge in [0.2, 0.25) is 0 Å². The normalized spacial score (nSPS) is 15.8. The fraction of sp³-hybridized carbons (Fsp3) is 0.296. The lowest BCUT2D eigenvalue weighted by Crippen LogP contribution is -2.47. The molecule has 0 bridgehead atoms. The van der Waals surface area contributed by atoms with E-state index in [2.05, 4.69) is 16.5 Å². The molecule has 15 heteroatoms. The SMILES string of the molecule is C=C(OC)c1cnc(Oc2ccc([C@@H](C)[C@@](O)(c3ccc4c(c3)N(C)C(=O)CO4)C(F)(F)F)c(Cl)c2)nc1C(F)(F)F. The summed E-state index contributed by atoms with van der Waals surface area (Å²) in [4.78, 5) is 20.2. The van der Waals surface area contributed by atoms with Crippen molar-refractivity contribution in [3.63, 3.8) is 0 Å². The largest absolute Gasteiger partial charge is 0.497 e. The molecule has 0 radical (unpaired) electrons. The molecule has 224 valence electrons. The van der Waals surface area contributed by atoms with Crippen LogP contribution in [0.1, 0.15) is 35.2 Å². The topological polar surface area (TPSA) is 94.0 Å². The van der Waals surface area contributed by atoms with Crippen LogP contribution in [0.3, 0.4) is 0 Å². The third-order valence-corrected chi connectivity index (χ3v) is 7.10. The Morgan fingerprint density at radius 3 is 2.45 bits per heavy atom. The summed E-state index contributed by atoms with van der Waals surface area (Å²) >= 11 is 6.30. The van der Waals surface area contributed by atoms with Crippen LogP contribution in [0.4, 0.5) is 32.0 Å². The van der Waals surface area contributed by atoms with Crippen LogP contribution >= 0.6 is 11.6 Å². The molecule has 0 saturated carbocycles. The predicted octanol–water partition coefficient (Wildman–Crippen LogP) is 6.47. The molecule has 8 nitrogen and oxygen atoms in total. The second-order valence-electron chi connectivity index (χ2n) is 9.24. The number of rotatable bonds is 7. The minimum absolute atomic E-state index is 0.0341. The molecule has 2 aromatic carbocycles. The molecule has 1 aromatic heterocycles. The minimum atomic E-state index is -5.22. The number of alkyl halides is 6. The van der Waals surface area contributed by atoms with Crippen molar-refractivity contribution in [3.8, 4) is 17.5 Å². The average molecular weight is 618 g/mol. The summed E-state index contributed by atoms with van der Waals surface area (Å²) in [6.07, 6.45) is -9.33. The van der Waals surface area contributed by atoms with E-state index in [4.69, 9.17) is 25.8 Å². The van der Waals surface area contributed by atoms with E-state index in [-0.39, 0.29) is 40.1 Å². The lowest BCUT2D eigenvalue weighted by Gasteiger charge is -2.38. The van der Waals surface area contributed by atoms with E-state index in [9.17, 15) is 36.2 Å². The van der Waals surface area contributed by atoms with Crippen LogP contribution < -0.4 is 14.4 Å². The number of amides is 1. The second kappa shape index (κ2) is 11.0. The third-order valence-electron chi connectivity index (χ3n) is 6.77. The first-order chi connectivity index (χ1) is 19.5. The Hall–Kier alpha value is -4.04. The first-order valence-electron chi connectivity index (χ1n) is 12.0. The highest BCUT2D eigenvalue weighted by atomic mass is 35.5. The Kier molecular flexibility index (Phi) is 8.08. The molecule has 0 aliphatic carbocycles. The zero-order chi connectivity index (χ0) is 31.2. The predicted molar refractivity (Wildman–Crippen MR) is 138 cm³/mol. The average Bonchev–Trinajstić information content (AvgIpc) is 2.92. The van der Waals surface area contributed by atoms with Crippen molar-refractivity contribution < 1.29 is 50.5 Å². The van der Waals surface area contributed by atoms with Gasteiger partial charge in [0.1, 0.15) is 17.3 Å². The van der Waals surface area contributed by atoms with E-state index >= 15 is 0 Å². The number of anilines is 1. The summed E-state index contributed by atoms with van der Waals surface area (Å²) in [6, 6.07) is 5.86. The molecule has 1 aliphatic heterocycles. The van der Waals surface area contributed by atoms with E-state index in [1.807, 2.05) is 0 Å². The zero-order valence-corrected chi connectivity index (χ0v) is 22.9. The summed E-state index contributed by atoms with van der Waals surface area (Å²) in [5, 5.41) is 10.9. The van der Waals surface area contributed by atoms with Gasteiger partial charge in [0.15, 0.2) is 17.9 Å². The van der Waals surface area contributed by atoms with Crippen molar-refractivity contribution in [3.05, 3.63) is 76.6 Å². The molecule has 3 aromatic rings. The molecule has 1 amide bonds. The Morgan fingerprint density at radius 2 is 1.86 bits per heavy atom. The van der Waals surface area contributed by atoms with Crippen molar-refractivity contribution in [2.45, 2.75) is 30.8 Å². The molecule has 42 heavy (non-hydrogen) atoms. The molecule has 0 fully saturated rings. The fourth-order valence-corrected chi connectivity index (χ4v) is 4.70. The Morgan fingerprint density at radius 1 is 1.17 bits per heavy atom. The highest BCUT2D eigenvalue weighted by Crippen LogP contribution is 2.51. The van der Waals surface area contributed by atoms with Gasteiger partial charge in [0.05, 0.1) is 18.4 Å². The maximum absolute atomic E-state index is 14.5. The van der Waals surface area contributed by atoms with Crippen LogP contribution in [0.2, 0.25) is 5.02 Å². The first-order valence-corrected chi connectivity index (χ1v) is 12.3. The van der Waals surface area contributed by atoms with Gasteiger partial charge < -0.3 is 24.2 Å². The number of likely N-dealkylation sites (N-methyl/N-ethyl adjacent to an activating group) is 1. The van der Waals surface area contributed by atoms with Crippen molar-refractivity contribution in [2.75, 3.05) is 25.7 Å². The van der Waals surface area contributed by atoms with E-state index in [0.717, 1.165) is 55.5 Å². The molecule has 2 atom stereocenters. The number of ether oxygens (including phenoxy) is 3. The minimum Gasteiger partial charge on any atom is -0.497 e. The van der Waals surface area contributed by atoms with Crippen molar-refractivity contribution >= 4 is 29.0 Å². The maximum atomic E-state index is 14.5. The number of methoxy groups -OCH3 is 1. The smallest absolute Gasteiger partial charge is 0.434 e. The number of nitrogens with zero attached hydrogens (tertiary/aromatic N) is 3. The van der Waals surface area contributed by atoms with Gasteiger partial charge in [0, 0.05) is 24.2 Å². The number of carbonyl (C=O) groups is 1. The number of hydrogen-bond acceptors (Lipinski definition) is 7. The molecule has 1 aliphatic rings. The number of fused-ring (bicyclic) bond motifs is 1. The van der Waals surface area contributed by atoms with Crippen LogP contribution in [-0.4, -0.2) is 47.9 Å². The number of halogens is 7. The van der Waals surface area contributed by atoms with E-state index in [0.29, 0.717) is 0 Å². The van der Waals surface area contributed by atoms with E-state index in [1.165, 1.54) is 13.1 Å². The highest BCUT2D eigenvalue weighted by molar-refractivity contribution is 6.31. The maximum Gasteiger partial charge on any atom is 0.434 e. The molecule has 0 spiro atoms.